The third-order valence-electron chi connectivity index (χ3n) is 5.48. The molecule has 0 spiro atoms. The van der Waals surface area contributed by atoms with Crippen LogP contribution in [0.25, 0.3) is 0 Å². The molecule has 1 heterocycles. The van der Waals surface area contributed by atoms with Gasteiger partial charge in [0.1, 0.15) is 5.54 Å². The molecule has 1 aliphatic carbocycles. The van der Waals surface area contributed by atoms with Gasteiger partial charge in [-0.05, 0) is 64.0 Å². The highest BCUT2D eigenvalue weighted by Crippen LogP contribution is 2.35. The molecule has 0 aromatic heterocycles. The Balaban J connectivity index is 1.82. The second-order valence-electron chi connectivity index (χ2n) is 6.71. The summed E-state index contributed by atoms with van der Waals surface area (Å²) >= 11 is 0. The maximum absolute atomic E-state index is 11.2. The summed E-state index contributed by atoms with van der Waals surface area (Å²) in [7, 11) is 0. The number of nitrogens with two attached hydrogens (primary N) is 1. The largest absolute Gasteiger partial charge is 0.480 e. The molecule has 1 saturated carbocycles. The SMILES string of the molecule is CCC(N)(CCCN1CCCC2CCCCC21)C(=O)O. The van der Waals surface area contributed by atoms with E-state index in [-0.39, 0.29) is 0 Å². The molecule has 1 aliphatic heterocycles. The first kappa shape index (κ1) is 15.8. The van der Waals surface area contributed by atoms with Crippen molar-refractivity contribution < 1.29 is 9.90 Å². The number of carbonyl (C=O) groups is 1. The molecular weight excluding hydrogens is 252 g/mol. The molecule has 0 aromatic carbocycles. The third-order valence-corrected chi connectivity index (χ3v) is 5.48. The summed E-state index contributed by atoms with van der Waals surface area (Å²) in [5.41, 5.74) is 4.94. The molecule has 0 radical (unpaired) electrons. The lowest BCUT2D eigenvalue weighted by Gasteiger charge is -2.44. The zero-order valence-corrected chi connectivity index (χ0v) is 12.8. The van der Waals surface area contributed by atoms with Crippen LogP contribution in [0.1, 0.15) is 64.7 Å². The van der Waals surface area contributed by atoms with Crippen molar-refractivity contribution in [1.29, 1.82) is 0 Å². The number of rotatable bonds is 6. The van der Waals surface area contributed by atoms with E-state index in [0.29, 0.717) is 12.8 Å². The molecule has 2 aliphatic rings. The van der Waals surface area contributed by atoms with E-state index in [0.717, 1.165) is 24.9 Å². The van der Waals surface area contributed by atoms with Crippen molar-refractivity contribution in [2.45, 2.75) is 76.3 Å². The van der Waals surface area contributed by atoms with Crippen molar-refractivity contribution in [2.24, 2.45) is 11.7 Å². The van der Waals surface area contributed by atoms with E-state index in [1.165, 1.54) is 45.1 Å². The number of likely N-dealkylation sites (tertiary alicyclic amines) is 1. The van der Waals surface area contributed by atoms with Gasteiger partial charge in [0.2, 0.25) is 0 Å². The van der Waals surface area contributed by atoms with Gasteiger partial charge in [0.05, 0.1) is 0 Å². The van der Waals surface area contributed by atoms with Crippen molar-refractivity contribution in [1.82, 2.24) is 4.90 Å². The molecule has 2 rings (SSSR count). The number of aliphatic carboxylic acids is 1. The van der Waals surface area contributed by atoms with E-state index in [2.05, 4.69) is 4.90 Å². The average Bonchev–Trinajstić information content (AvgIpc) is 2.47. The topological polar surface area (TPSA) is 66.6 Å². The van der Waals surface area contributed by atoms with Crippen molar-refractivity contribution in [2.75, 3.05) is 13.1 Å². The minimum atomic E-state index is -1.03. The predicted molar refractivity (Wildman–Crippen MR) is 80.6 cm³/mol. The van der Waals surface area contributed by atoms with Gasteiger partial charge in [-0.15, -0.1) is 0 Å². The molecular formula is C16H30N2O2. The molecule has 0 amide bonds. The fraction of sp³-hybridized carbons (Fsp3) is 0.938. The number of piperidine rings is 1. The second kappa shape index (κ2) is 6.90. The minimum Gasteiger partial charge on any atom is -0.480 e. The van der Waals surface area contributed by atoms with Crippen LogP contribution in [0.2, 0.25) is 0 Å². The molecule has 0 bridgehead atoms. The quantitative estimate of drug-likeness (QED) is 0.786. The standard InChI is InChI=1S/C16H30N2O2/c1-2-16(17,15(19)20)10-6-12-18-11-5-8-13-7-3-4-9-14(13)18/h13-14H,2-12,17H2,1H3,(H,19,20). The maximum Gasteiger partial charge on any atom is 0.323 e. The number of carboxylic acids is 1. The van der Waals surface area contributed by atoms with E-state index in [1.54, 1.807) is 0 Å². The Morgan fingerprint density at radius 3 is 2.70 bits per heavy atom. The maximum atomic E-state index is 11.2. The number of hydrogen-bond donors (Lipinski definition) is 2. The van der Waals surface area contributed by atoms with Crippen LogP contribution in [0.15, 0.2) is 0 Å². The summed E-state index contributed by atoms with van der Waals surface area (Å²) in [6, 6.07) is 0.760. The van der Waals surface area contributed by atoms with Crippen molar-refractivity contribution >= 4 is 5.97 Å². The summed E-state index contributed by atoms with van der Waals surface area (Å²) in [6.07, 6.45) is 10.2. The first-order valence-electron chi connectivity index (χ1n) is 8.33. The monoisotopic (exact) mass is 282 g/mol. The van der Waals surface area contributed by atoms with Crippen LogP contribution in [0.5, 0.6) is 0 Å². The lowest BCUT2D eigenvalue weighted by Crippen LogP contribution is -2.49. The van der Waals surface area contributed by atoms with Gasteiger partial charge >= 0.3 is 5.97 Å². The number of hydrogen-bond acceptors (Lipinski definition) is 3. The molecule has 3 atom stereocenters. The first-order chi connectivity index (χ1) is 9.57. The van der Waals surface area contributed by atoms with Crippen LogP contribution in [0.4, 0.5) is 0 Å². The van der Waals surface area contributed by atoms with Gasteiger partial charge in [-0.3, -0.25) is 4.79 Å². The van der Waals surface area contributed by atoms with Crippen molar-refractivity contribution in [3.8, 4) is 0 Å². The molecule has 3 N–H and O–H groups in total. The molecule has 4 heteroatoms. The zero-order chi connectivity index (χ0) is 14.6. The fourth-order valence-electron chi connectivity index (χ4n) is 4.04. The Morgan fingerprint density at radius 1 is 1.30 bits per heavy atom. The van der Waals surface area contributed by atoms with Crippen LogP contribution in [0.3, 0.4) is 0 Å². The molecule has 2 fully saturated rings. The van der Waals surface area contributed by atoms with E-state index >= 15 is 0 Å². The zero-order valence-electron chi connectivity index (χ0n) is 12.8. The van der Waals surface area contributed by atoms with E-state index in [9.17, 15) is 9.90 Å². The number of nitrogens with zero attached hydrogens (tertiary/aromatic N) is 1. The van der Waals surface area contributed by atoms with E-state index in [1.807, 2.05) is 6.92 Å². The van der Waals surface area contributed by atoms with E-state index < -0.39 is 11.5 Å². The number of carboxylic acid groups (broad SMARTS) is 1. The Hall–Kier alpha value is -0.610. The van der Waals surface area contributed by atoms with Crippen molar-refractivity contribution in [3.63, 3.8) is 0 Å². The Bertz CT molecular complexity index is 332. The highest BCUT2D eigenvalue weighted by molar-refractivity contribution is 5.78. The van der Waals surface area contributed by atoms with Gasteiger partial charge in [-0.25, -0.2) is 0 Å². The summed E-state index contributed by atoms with van der Waals surface area (Å²) < 4.78 is 0. The summed E-state index contributed by atoms with van der Waals surface area (Å²) in [4.78, 5) is 13.8. The molecule has 116 valence electrons. The molecule has 0 aromatic rings. The lowest BCUT2D eigenvalue weighted by molar-refractivity contribution is -0.143. The highest BCUT2D eigenvalue weighted by atomic mass is 16.4. The number of fused-ring (bicyclic) bond motifs is 1. The summed E-state index contributed by atoms with van der Waals surface area (Å²) in [6.45, 7) is 4.08. The van der Waals surface area contributed by atoms with Gasteiger partial charge in [0.25, 0.3) is 0 Å². The molecule has 1 saturated heterocycles. The minimum absolute atomic E-state index is 0.508. The first-order valence-corrected chi connectivity index (χ1v) is 8.33. The fourth-order valence-corrected chi connectivity index (χ4v) is 4.04. The Kier molecular flexibility index (Phi) is 5.44. The van der Waals surface area contributed by atoms with Gasteiger partial charge in [0.15, 0.2) is 0 Å². The van der Waals surface area contributed by atoms with E-state index in [4.69, 9.17) is 5.73 Å². The average molecular weight is 282 g/mol. The third kappa shape index (κ3) is 3.53. The lowest BCUT2D eigenvalue weighted by atomic mass is 9.78. The van der Waals surface area contributed by atoms with Crippen molar-refractivity contribution in [3.05, 3.63) is 0 Å². The van der Waals surface area contributed by atoms with Crippen LogP contribution < -0.4 is 5.73 Å². The van der Waals surface area contributed by atoms with Gasteiger partial charge in [0, 0.05) is 6.04 Å². The van der Waals surface area contributed by atoms with Gasteiger partial charge < -0.3 is 15.7 Å². The summed E-state index contributed by atoms with van der Waals surface area (Å²) in [5, 5.41) is 9.22. The molecule has 3 unspecified atom stereocenters. The van der Waals surface area contributed by atoms with Gasteiger partial charge in [-0.2, -0.15) is 0 Å². The van der Waals surface area contributed by atoms with Gasteiger partial charge in [-0.1, -0.05) is 19.8 Å². The molecule has 20 heavy (non-hydrogen) atoms. The highest BCUT2D eigenvalue weighted by Gasteiger charge is 2.34. The van der Waals surface area contributed by atoms with Crippen LogP contribution in [-0.4, -0.2) is 40.6 Å². The smallest absolute Gasteiger partial charge is 0.323 e. The molecule has 4 nitrogen and oxygen atoms in total. The van der Waals surface area contributed by atoms with Crippen LogP contribution in [0, 0.1) is 5.92 Å². The van der Waals surface area contributed by atoms with Crippen LogP contribution >= 0.6 is 0 Å². The van der Waals surface area contributed by atoms with Crippen LogP contribution in [-0.2, 0) is 4.79 Å². The Morgan fingerprint density at radius 2 is 2.00 bits per heavy atom. The second-order valence-corrected chi connectivity index (χ2v) is 6.71. The Labute approximate surface area is 122 Å². The normalized spacial score (nSPS) is 30.5. The summed E-state index contributed by atoms with van der Waals surface area (Å²) in [5.74, 6) is 0.0416. The predicted octanol–water partition coefficient (Wildman–Crippen LogP) is 2.61.